The molecule has 0 saturated heterocycles. The molecule has 12 atom stereocenters. The standard InChI is InChI=1S/C33H52O6/c1-18-12-14-29(6)16-17-30(7)21(24(29)19(18)2)10-11-23-31(30,8)15-13-22-28(4,5)25(35)26(39-20(3)34)33(38,27(36)37)32(22,23)9/h18-19,21-24,26,38H,10-17H2,1-9H3,(H,36,37)/t18-,19+,21-,22+,23+,24+,26?,29-,30-,31-,32+,33?/m1/s1. The van der Waals surface area contributed by atoms with E-state index in [1.807, 2.05) is 20.8 Å². The van der Waals surface area contributed by atoms with Crippen molar-refractivity contribution in [2.24, 2.45) is 62.6 Å². The van der Waals surface area contributed by atoms with Crippen molar-refractivity contribution in [1.29, 1.82) is 0 Å². The summed E-state index contributed by atoms with van der Waals surface area (Å²) in [7, 11) is 0. The highest BCUT2D eigenvalue weighted by Gasteiger charge is 2.79. The highest BCUT2D eigenvalue weighted by molar-refractivity contribution is 5.99. The molecule has 5 fully saturated rings. The Morgan fingerprint density at radius 2 is 1.49 bits per heavy atom. The van der Waals surface area contributed by atoms with Gasteiger partial charge < -0.3 is 14.9 Å². The second kappa shape index (κ2) is 8.55. The monoisotopic (exact) mass is 544 g/mol. The van der Waals surface area contributed by atoms with E-state index in [9.17, 15) is 24.6 Å². The lowest BCUT2D eigenvalue weighted by Gasteiger charge is -2.75. The van der Waals surface area contributed by atoms with E-state index in [1.54, 1.807) is 0 Å². The van der Waals surface area contributed by atoms with E-state index < -0.39 is 40.3 Å². The lowest BCUT2D eigenvalue weighted by atomic mass is 9.29. The number of rotatable bonds is 2. The second-order valence-corrected chi connectivity index (χ2v) is 16.1. The van der Waals surface area contributed by atoms with Crippen LogP contribution in [0.15, 0.2) is 0 Å². The average Bonchev–Trinajstić information content (AvgIpc) is 2.84. The zero-order valence-corrected chi connectivity index (χ0v) is 25.7. The molecule has 0 aromatic carbocycles. The molecule has 5 aliphatic rings. The third kappa shape index (κ3) is 3.33. The smallest absolute Gasteiger partial charge is 0.340 e. The lowest BCUT2D eigenvalue weighted by Crippen LogP contribution is -2.79. The van der Waals surface area contributed by atoms with E-state index in [-0.39, 0.29) is 22.7 Å². The molecule has 5 saturated carbocycles. The van der Waals surface area contributed by atoms with Crippen LogP contribution in [0.1, 0.15) is 114 Å². The molecule has 2 N–H and O–H groups in total. The molecule has 6 nitrogen and oxygen atoms in total. The number of fused-ring (bicyclic) bond motifs is 7. The summed E-state index contributed by atoms with van der Waals surface area (Å²) < 4.78 is 5.47. The molecule has 5 aliphatic carbocycles. The molecule has 0 aliphatic heterocycles. The van der Waals surface area contributed by atoms with Gasteiger partial charge in [0.25, 0.3) is 0 Å². The van der Waals surface area contributed by atoms with Gasteiger partial charge in [0.05, 0.1) is 0 Å². The first-order chi connectivity index (χ1) is 17.8. The van der Waals surface area contributed by atoms with Crippen LogP contribution < -0.4 is 0 Å². The molecule has 0 radical (unpaired) electrons. The molecule has 0 spiro atoms. The van der Waals surface area contributed by atoms with Crippen LogP contribution in [0, 0.1) is 62.6 Å². The van der Waals surface area contributed by atoms with E-state index >= 15 is 0 Å². The maximum atomic E-state index is 13.8. The number of esters is 1. The number of hydrogen-bond donors (Lipinski definition) is 2. The molecule has 0 bridgehead atoms. The minimum absolute atomic E-state index is 0.00132. The van der Waals surface area contributed by atoms with Crippen LogP contribution in [0.2, 0.25) is 0 Å². The summed E-state index contributed by atoms with van der Waals surface area (Å²) in [6.07, 6.45) is 6.60. The van der Waals surface area contributed by atoms with Gasteiger partial charge in [0, 0.05) is 17.8 Å². The van der Waals surface area contributed by atoms with E-state index in [1.165, 1.54) is 26.2 Å². The molecule has 0 aromatic rings. The number of carbonyl (C=O) groups is 3. The highest BCUT2D eigenvalue weighted by atomic mass is 16.6. The fourth-order valence-electron chi connectivity index (χ4n) is 12.2. The number of ether oxygens (including phenoxy) is 1. The third-order valence-electron chi connectivity index (χ3n) is 14.7. The van der Waals surface area contributed by atoms with Crippen molar-refractivity contribution in [3.63, 3.8) is 0 Å². The molecule has 2 unspecified atom stereocenters. The summed E-state index contributed by atoms with van der Waals surface area (Å²) in [5, 5.41) is 23.1. The number of aliphatic carboxylic acids is 1. The van der Waals surface area contributed by atoms with E-state index in [4.69, 9.17) is 4.74 Å². The Bertz CT molecular complexity index is 1080. The predicted molar refractivity (Wildman–Crippen MR) is 149 cm³/mol. The van der Waals surface area contributed by atoms with Crippen LogP contribution in [0.3, 0.4) is 0 Å². The van der Waals surface area contributed by atoms with Gasteiger partial charge in [-0.2, -0.15) is 0 Å². The minimum atomic E-state index is -2.48. The molecule has 5 rings (SSSR count). The topological polar surface area (TPSA) is 101 Å². The first kappa shape index (κ1) is 29.1. The Kier molecular flexibility index (Phi) is 6.37. The van der Waals surface area contributed by atoms with Gasteiger partial charge in [-0.25, -0.2) is 4.79 Å². The van der Waals surface area contributed by atoms with Crippen LogP contribution >= 0.6 is 0 Å². The number of Topliss-reactive ketones (excluding diaryl/α,β-unsaturated/α-hetero) is 1. The highest BCUT2D eigenvalue weighted by Crippen LogP contribution is 2.78. The van der Waals surface area contributed by atoms with Crippen molar-refractivity contribution in [2.45, 2.75) is 125 Å². The van der Waals surface area contributed by atoms with Crippen molar-refractivity contribution >= 4 is 17.7 Å². The zero-order valence-electron chi connectivity index (χ0n) is 25.7. The van der Waals surface area contributed by atoms with Crippen molar-refractivity contribution in [2.75, 3.05) is 0 Å². The van der Waals surface area contributed by atoms with Gasteiger partial charge in [0.2, 0.25) is 11.7 Å². The maximum Gasteiger partial charge on any atom is 0.340 e. The van der Waals surface area contributed by atoms with Crippen LogP contribution in [-0.2, 0) is 19.1 Å². The van der Waals surface area contributed by atoms with Crippen molar-refractivity contribution < 1.29 is 29.3 Å². The Balaban J connectivity index is 1.66. The number of carboxylic acids is 1. The average molecular weight is 545 g/mol. The van der Waals surface area contributed by atoms with Gasteiger partial charge >= 0.3 is 11.9 Å². The Morgan fingerprint density at radius 1 is 0.846 bits per heavy atom. The van der Waals surface area contributed by atoms with Crippen LogP contribution in [0.25, 0.3) is 0 Å². The van der Waals surface area contributed by atoms with Crippen molar-refractivity contribution in [3.8, 4) is 0 Å². The lowest BCUT2D eigenvalue weighted by molar-refractivity contribution is -0.300. The molecule has 0 aromatic heterocycles. The van der Waals surface area contributed by atoms with Gasteiger partial charge in [0.1, 0.15) is 0 Å². The Hall–Kier alpha value is -1.43. The van der Waals surface area contributed by atoms with Crippen LogP contribution in [0.5, 0.6) is 0 Å². The summed E-state index contributed by atoms with van der Waals surface area (Å²) in [6.45, 7) is 19.1. The van der Waals surface area contributed by atoms with Crippen LogP contribution in [-0.4, -0.2) is 39.6 Å². The third-order valence-corrected chi connectivity index (χ3v) is 14.7. The molecule has 220 valence electrons. The summed E-state index contributed by atoms with van der Waals surface area (Å²) in [5.41, 5.74) is -4.40. The molecule has 0 heterocycles. The number of aliphatic hydroxyl groups is 1. The molecule has 6 heteroatoms. The minimum Gasteiger partial charge on any atom is -0.479 e. The quantitative estimate of drug-likeness (QED) is 0.397. The first-order valence-electron chi connectivity index (χ1n) is 15.5. The number of carboxylic acid groups (broad SMARTS) is 1. The largest absolute Gasteiger partial charge is 0.479 e. The van der Waals surface area contributed by atoms with E-state index in [0.29, 0.717) is 35.5 Å². The SMILES string of the molecule is CC(=O)OC1C(=O)C(C)(C)[C@@H]2CC[C@]3(C)[C@H](CC[C@@H]4[C@@H]5[C@@H](C)[C@H](C)CC[C@]5(C)CC[C@]43C)[C@@]2(C)C1(O)C(=O)O. The molecule has 39 heavy (non-hydrogen) atoms. The molecule has 0 amide bonds. The summed E-state index contributed by atoms with van der Waals surface area (Å²) in [6, 6.07) is 0. The second-order valence-electron chi connectivity index (χ2n) is 16.1. The fourth-order valence-corrected chi connectivity index (χ4v) is 12.2. The van der Waals surface area contributed by atoms with E-state index in [0.717, 1.165) is 25.7 Å². The number of hydrogen-bond acceptors (Lipinski definition) is 5. The van der Waals surface area contributed by atoms with Gasteiger partial charge in [0.15, 0.2) is 5.78 Å². The zero-order chi connectivity index (χ0) is 29.1. The number of carbonyl (C=O) groups excluding carboxylic acids is 2. The summed E-state index contributed by atoms with van der Waals surface area (Å²) in [5.74, 6) is -0.572. The fraction of sp³-hybridized carbons (Fsp3) is 0.909. The number of ketones is 1. The summed E-state index contributed by atoms with van der Waals surface area (Å²) in [4.78, 5) is 39.1. The van der Waals surface area contributed by atoms with Gasteiger partial charge in [-0.05, 0) is 103 Å². The summed E-state index contributed by atoms with van der Waals surface area (Å²) >= 11 is 0. The van der Waals surface area contributed by atoms with Gasteiger partial charge in [-0.1, -0.05) is 55.4 Å². The maximum absolute atomic E-state index is 13.8. The van der Waals surface area contributed by atoms with Gasteiger partial charge in [-0.3, -0.25) is 9.59 Å². The normalized spacial score (nSPS) is 54.4. The Labute approximate surface area is 235 Å². The Morgan fingerprint density at radius 3 is 2.08 bits per heavy atom. The predicted octanol–water partition coefficient (Wildman–Crippen LogP) is 6.28. The molecular formula is C33H52O6. The van der Waals surface area contributed by atoms with E-state index in [2.05, 4.69) is 34.6 Å². The van der Waals surface area contributed by atoms with Crippen molar-refractivity contribution in [3.05, 3.63) is 0 Å². The van der Waals surface area contributed by atoms with Crippen molar-refractivity contribution in [1.82, 2.24) is 0 Å². The molecular weight excluding hydrogens is 492 g/mol. The van der Waals surface area contributed by atoms with Crippen LogP contribution in [0.4, 0.5) is 0 Å². The van der Waals surface area contributed by atoms with Gasteiger partial charge in [-0.15, -0.1) is 0 Å². The first-order valence-corrected chi connectivity index (χ1v) is 15.5.